The van der Waals surface area contributed by atoms with E-state index in [1.807, 2.05) is 24.3 Å². The third-order valence-electron chi connectivity index (χ3n) is 17.3. The van der Waals surface area contributed by atoms with Crippen LogP contribution in [-0.4, -0.2) is 0 Å². The summed E-state index contributed by atoms with van der Waals surface area (Å²) in [6.45, 7) is 0. The first-order valence-corrected chi connectivity index (χ1v) is 25.1. The minimum absolute atomic E-state index is 0.0316. The molecule has 0 aliphatic heterocycles. The van der Waals surface area contributed by atoms with Crippen molar-refractivity contribution in [3.05, 3.63) is 229 Å². The molecule has 16 rings (SSSR count). The Morgan fingerprint density at radius 3 is 1.56 bits per heavy atom. The zero-order valence-electron chi connectivity index (χ0n) is 38.6. The van der Waals surface area contributed by atoms with Gasteiger partial charge >= 0.3 is 0 Å². The molecule has 5 aliphatic rings. The molecule has 0 atom stereocenters. The van der Waals surface area contributed by atoms with Crippen molar-refractivity contribution < 1.29 is 8.78 Å². The van der Waals surface area contributed by atoms with E-state index in [2.05, 4.69) is 168 Å². The smallest absolute Gasteiger partial charge is 0.147 e. The Kier molecular flexibility index (Phi) is 8.64. The fraction of sp³-hybridized carbons (Fsp3) is 0.152. The van der Waals surface area contributed by atoms with Crippen LogP contribution in [0.25, 0.3) is 65.3 Å². The van der Waals surface area contributed by atoms with E-state index in [9.17, 15) is 0 Å². The van der Waals surface area contributed by atoms with Crippen LogP contribution in [0.15, 0.2) is 206 Å². The number of benzene rings is 11. The molecule has 0 saturated heterocycles. The predicted octanol–water partition coefficient (Wildman–Crippen LogP) is 18.3. The van der Waals surface area contributed by atoms with Crippen LogP contribution in [0.3, 0.4) is 0 Å². The Labute approximate surface area is 406 Å². The second-order valence-electron chi connectivity index (χ2n) is 20.7. The van der Waals surface area contributed by atoms with Crippen molar-refractivity contribution in [3.8, 4) is 22.3 Å². The van der Waals surface area contributed by atoms with Gasteiger partial charge in [0, 0.05) is 27.4 Å². The normalized spacial score (nSPS) is 20.8. The first-order valence-electron chi connectivity index (χ1n) is 25.1. The van der Waals surface area contributed by atoms with Crippen molar-refractivity contribution >= 4 is 77.2 Å². The zero-order valence-corrected chi connectivity index (χ0v) is 38.6. The fourth-order valence-electron chi connectivity index (χ4n) is 14.8. The number of para-hydroxylation sites is 2. The fourth-order valence-corrected chi connectivity index (χ4v) is 14.8. The maximum absolute atomic E-state index is 16.8. The van der Waals surface area contributed by atoms with E-state index >= 15 is 8.78 Å². The summed E-state index contributed by atoms with van der Waals surface area (Å²) in [6.07, 6.45) is 6.58. The van der Waals surface area contributed by atoms with Gasteiger partial charge in [0.05, 0.1) is 28.4 Å². The van der Waals surface area contributed by atoms with Crippen LogP contribution < -0.4 is 9.80 Å². The number of hydrogen-bond donors (Lipinski definition) is 0. The summed E-state index contributed by atoms with van der Waals surface area (Å²) in [5.74, 6) is 2.32. The van der Waals surface area contributed by atoms with E-state index in [1.165, 1.54) is 71.2 Å². The van der Waals surface area contributed by atoms with Crippen LogP contribution in [0.2, 0.25) is 0 Å². The molecule has 0 aromatic heterocycles. The Bertz CT molecular complexity index is 3880. The second-order valence-corrected chi connectivity index (χ2v) is 20.7. The average Bonchev–Trinajstić information content (AvgIpc) is 3.70. The highest BCUT2D eigenvalue weighted by Gasteiger charge is 2.62. The van der Waals surface area contributed by atoms with Crippen LogP contribution in [0.1, 0.15) is 43.2 Å². The molecule has 11 aromatic rings. The number of rotatable bonds is 7. The molecule has 0 unspecified atom stereocenters. The van der Waals surface area contributed by atoms with Gasteiger partial charge < -0.3 is 9.80 Å². The molecule has 11 aromatic carbocycles. The van der Waals surface area contributed by atoms with Gasteiger partial charge in [-0.1, -0.05) is 146 Å². The molecule has 2 nitrogen and oxygen atoms in total. The summed E-state index contributed by atoms with van der Waals surface area (Å²) < 4.78 is 33.2. The molecule has 4 heteroatoms. The largest absolute Gasteiger partial charge is 0.307 e. The summed E-state index contributed by atoms with van der Waals surface area (Å²) in [5.41, 5.74) is 12.3. The zero-order chi connectivity index (χ0) is 46.2. The maximum Gasteiger partial charge on any atom is 0.147 e. The Morgan fingerprint density at radius 1 is 0.371 bits per heavy atom. The van der Waals surface area contributed by atoms with E-state index in [-0.39, 0.29) is 17.0 Å². The van der Waals surface area contributed by atoms with Gasteiger partial charge in [0.25, 0.3) is 0 Å². The first kappa shape index (κ1) is 40.1. The number of halogens is 2. The van der Waals surface area contributed by atoms with Crippen molar-refractivity contribution in [2.45, 2.75) is 37.5 Å². The van der Waals surface area contributed by atoms with Crippen LogP contribution in [0, 0.1) is 35.3 Å². The van der Waals surface area contributed by atoms with Gasteiger partial charge in [-0.25, -0.2) is 8.78 Å². The Morgan fingerprint density at radius 2 is 0.886 bits per heavy atom. The van der Waals surface area contributed by atoms with E-state index in [4.69, 9.17) is 0 Å². The van der Waals surface area contributed by atoms with Gasteiger partial charge in [0.15, 0.2) is 0 Å². The predicted molar refractivity (Wildman–Crippen MR) is 286 cm³/mol. The van der Waals surface area contributed by atoms with Gasteiger partial charge in [0.2, 0.25) is 0 Å². The molecule has 5 aliphatic carbocycles. The molecule has 70 heavy (non-hydrogen) atoms. The monoisotopic (exact) mass is 906 g/mol. The van der Waals surface area contributed by atoms with Gasteiger partial charge in [-0.15, -0.1) is 0 Å². The van der Waals surface area contributed by atoms with Crippen molar-refractivity contribution in [1.29, 1.82) is 0 Å². The first-order chi connectivity index (χ1) is 34.5. The van der Waals surface area contributed by atoms with E-state index in [0.717, 1.165) is 78.0 Å². The van der Waals surface area contributed by atoms with Gasteiger partial charge in [-0.05, 0) is 177 Å². The highest BCUT2D eigenvalue weighted by atomic mass is 19.1. The van der Waals surface area contributed by atoms with E-state index in [0.29, 0.717) is 23.2 Å². The van der Waals surface area contributed by atoms with Gasteiger partial charge in [-0.2, -0.15) is 0 Å². The summed E-state index contributed by atoms with van der Waals surface area (Å²) in [6, 6.07) is 71.3. The van der Waals surface area contributed by atoms with Crippen molar-refractivity contribution in [2.75, 3.05) is 9.80 Å². The molecule has 0 N–H and O–H groups in total. The van der Waals surface area contributed by atoms with Gasteiger partial charge in [0.1, 0.15) is 11.6 Å². The standard InChI is InChI=1S/C66H48F2N2/c67-56-15-5-7-17-60(56)69(50-28-22-43(23-29-50)47-21-20-42-10-1-2-11-46(42)39-47)58-32-26-44-25-31-53-59(33-27-45-24-30-52(58)63(44)64(45)53)70(61-18-8-6-16-57(61)68)62-19-9-14-55-65(62)51-12-3-4-13-54(51)66(55)48-35-40-34-41(37-48)38-49(66)36-40/h1-33,39-41,48-49H,34-38H2. The molecular formula is C66H48F2N2. The van der Waals surface area contributed by atoms with Crippen molar-refractivity contribution in [2.24, 2.45) is 23.7 Å². The van der Waals surface area contributed by atoms with Gasteiger partial charge in [-0.3, -0.25) is 0 Å². The molecule has 4 bridgehead atoms. The lowest BCUT2D eigenvalue weighted by Gasteiger charge is -2.61. The van der Waals surface area contributed by atoms with E-state index in [1.54, 1.807) is 18.2 Å². The minimum atomic E-state index is -0.304. The summed E-state index contributed by atoms with van der Waals surface area (Å²) >= 11 is 0. The van der Waals surface area contributed by atoms with Crippen LogP contribution in [-0.2, 0) is 5.41 Å². The Balaban J connectivity index is 0.931. The lowest BCUT2D eigenvalue weighted by Crippen LogP contribution is -2.55. The molecule has 0 heterocycles. The summed E-state index contributed by atoms with van der Waals surface area (Å²) in [4.78, 5) is 4.28. The third kappa shape index (κ3) is 5.65. The third-order valence-corrected chi connectivity index (χ3v) is 17.3. The van der Waals surface area contributed by atoms with Crippen molar-refractivity contribution in [1.82, 2.24) is 0 Å². The Hall–Kier alpha value is -7.82. The summed E-state index contributed by atoms with van der Waals surface area (Å²) in [5, 5.41) is 8.80. The number of nitrogens with zero attached hydrogens (tertiary/aromatic N) is 2. The van der Waals surface area contributed by atoms with Crippen LogP contribution in [0.4, 0.5) is 42.9 Å². The quantitative estimate of drug-likeness (QED) is 0.147. The lowest BCUT2D eigenvalue weighted by atomic mass is 9.43. The minimum Gasteiger partial charge on any atom is -0.307 e. The van der Waals surface area contributed by atoms with E-state index < -0.39 is 0 Å². The molecule has 0 amide bonds. The average molecular weight is 907 g/mol. The van der Waals surface area contributed by atoms with Crippen molar-refractivity contribution in [3.63, 3.8) is 0 Å². The SMILES string of the molecule is Fc1ccccc1N(c1ccc(-c2ccc3ccccc3c2)cc1)c1ccc2ccc3c(N(c4ccccc4F)c4cccc5c4-c4ccccc4C54C5CC6CC(C5)CC4C6)ccc4ccc1c2c43. The molecular weight excluding hydrogens is 859 g/mol. The van der Waals surface area contributed by atoms with Crippen LogP contribution in [0.5, 0.6) is 0 Å². The molecule has 4 fully saturated rings. The maximum atomic E-state index is 16.8. The molecule has 1 spiro atoms. The number of anilines is 6. The topological polar surface area (TPSA) is 6.48 Å². The second kappa shape index (κ2) is 15.1. The highest BCUT2D eigenvalue weighted by Crippen LogP contribution is 2.70. The molecule has 336 valence electrons. The molecule has 4 saturated carbocycles. The summed E-state index contributed by atoms with van der Waals surface area (Å²) in [7, 11) is 0. The van der Waals surface area contributed by atoms with Crippen LogP contribution >= 0.6 is 0 Å². The lowest BCUT2D eigenvalue weighted by molar-refractivity contribution is -0.0399. The number of fused-ring (bicyclic) bond motifs is 4. The highest BCUT2D eigenvalue weighted by molar-refractivity contribution is 6.28. The molecule has 0 radical (unpaired) electrons. The number of hydrogen-bond acceptors (Lipinski definition) is 2.